The zero-order chi connectivity index (χ0) is 21.0. The summed E-state index contributed by atoms with van der Waals surface area (Å²) in [6.45, 7) is 8.12. The molecule has 1 aliphatic rings. The van der Waals surface area contributed by atoms with Crippen LogP contribution in [0.25, 0.3) is 0 Å². The Bertz CT molecular complexity index is 881. The molecule has 0 unspecified atom stereocenters. The molecule has 1 N–H and O–H groups in total. The summed E-state index contributed by atoms with van der Waals surface area (Å²) in [6.07, 6.45) is 0.785. The van der Waals surface area contributed by atoms with Crippen LogP contribution in [0.15, 0.2) is 29.2 Å². The number of rotatable bonds is 7. The predicted octanol–water partition coefficient (Wildman–Crippen LogP) is 5.08. The van der Waals surface area contributed by atoms with Gasteiger partial charge in [-0.2, -0.15) is 0 Å². The van der Waals surface area contributed by atoms with E-state index in [1.807, 2.05) is 12.1 Å². The van der Waals surface area contributed by atoms with Crippen LogP contribution in [0.1, 0.15) is 41.6 Å². The number of carbonyl (C=O) groups excluding carboxylic acids is 2. The zero-order valence-corrected chi connectivity index (χ0v) is 19.2. The molecule has 0 saturated carbocycles. The molecule has 8 heteroatoms. The van der Waals surface area contributed by atoms with Gasteiger partial charge in [-0.25, -0.2) is 4.79 Å². The SMILES string of the molecule is CCOC(=O)c1c(NC(=O)CSc2ccc(Cl)cc2)sc2c1CCN(C(C)C)C2. The van der Waals surface area contributed by atoms with Crippen molar-refractivity contribution in [3.8, 4) is 0 Å². The van der Waals surface area contributed by atoms with Crippen molar-refractivity contribution in [1.29, 1.82) is 0 Å². The van der Waals surface area contributed by atoms with Crippen LogP contribution in [0, 0.1) is 0 Å². The molecule has 1 aliphatic heterocycles. The van der Waals surface area contributed by atoms with Crippen molar-refractivity contribution in [3.63, 3.8) is 0 Å². The van der Waals surface area contributed by atoms with Crippen molar-refractivity contribution in [2.24, 2.45) is 0 Å². The minimum atomic E-state index is -0.358. The fourth-order valence-corrected chi connectivity index (χ4v) is 5.32. The summed E-state index contributed by atoms with van der Waals surface area (Å²) in [7, 11) is 0. The minimum absolute atomic E-state index is 0.144. The van der Waals surface area contributed by atoms with E-state index in [4.69, 9.17) is 16.3 Å². The van der Waals surface area contributed by atoms with E-state index >= 15 is 0 Å². The summed E-state index contributed by atoms with van der Waals surface area (Å²) in [6, 6.07) is 7.80. The molecule has 0 aliphatic carbocycles. The number of ether oxygens (including phenoxy) is 1. The van der Waals surface area contributed by atoms with Crippen LogP contribution in [0.4, 0.5) is 5.00 Å². The molecule has 2 heterocycles. The van der Waals surface area contributed by atoms with E-state index in [-0.39, 0.29) is 17.6 Å². The van der Waals surface area contributed by atoms with Gasteiger partial charge in [-0.15, -0.1) is 23.1 Å². The van der Waals surface area contributed by atoms with Crippen LogP contribution < -0.4 is 5.32 Å². The number of thiophene rings is 1. The standard InChI is InChI=1S/C21H25ClN2O3S2/c1-4-27-21(26)19-16-9-10-24(13(2)3)11-17(16)29-20(19)23-18(25)12-28-15-7-5-14(22)6-8-15/h5-8,13H,4,9-12H2,1-3H3,(H,23,25). The largest absolute Gasteiger partial charge is 0.462 e. The molecule has 0 radical (unpaired) electrons. The number of carbonyl (C=O) groups is 2. The number of hydrogen-bond donors (Lipinski definition) is 1. The maximum absolute atomic E-state index is 12.6. The number of nitrogens with one attached hydrogen (secondary N) is 1. The number of nitrogens with zero attached hydrogens (tertiary/aromatic N) is 1. The van der Waals surface area contributed by atoms with E-state index in [0.717, 1.165) is 34.8 Å². The third-order valence-corrected chi connectivity index (χ3v) is 7.13. The van der Waals surface area contributed by atoms with E-state index in [0.29, 0.717) is 28.2 Å². The average molecular weight is 453 g/mol. The van der Waals surface area contributed by atoms with Gasteiger partial charge in [-0.3, -0.25) is 9.69 Å². The highest BCUT2D eigenvalue weighted by atomic mass is 35.5. The van der Waals surface area contributed by atoms with Crippen molar-refractivity contribution in [3.05, 3.63) is 45.3 Å². The molecule has 29 heavy (non-hydrogen) atoms. The summed E-state index contributed by atoms with van der Waals surface area (Å²) >= 11 is 8.82. The maximum atomic E-state index is 12.6. The Balaban J connectivity index is 1.75. The highest BCUT2D eigenvalue weighted by Gasteiger charge is 2.30. The van der Waals surface area contributed by atoms with E-state index < -0.39 is 0 Å². The molecule has 156 valence electrons. The van der Waals surface area contributed by atoms with Crippen LogP contribution in [0.5, 0.6) is 0 Å². The van der Waals surface area contributed by atoms with Gasteiger partial charge in [0.15, 0.2) is 0 Å². The molecule has 0 saturated heterocycles. The number of thioether (sulfide) groups is 1. The summed E-state index contributed by atoms with van der Waals surface area (Å²) in [4.78, 5) is 29.6. The highest BCUT2D eigenvalue weighted by Crippen LogP contribution is 2.38. The molecule has 0 atom stereocenters. The summed E-state index contributed by atoms with van der Waals surface area (Å²) < 4.78 is 5.27. The first kappa shape index (κ1) is 22.2. The van der Waals surface area contributed by atoms with Gasteiger partial charge in [0.05, 0.1) is 17.9 Å². The lowest BCUT2D eigenvalue weighted by molar-refractivity contribution is -0.113. The molecule has 2 aromatic rings. The third-order valence-electron chi connectivity index (χ3n) is 4.73. The van der Waals surface area contributed by atoms with Crippen LogP contribution >= 0.6 is 34.7 Å². The second kappa shape index (κ2) is 9.98. The lowest BCUT2D eigenvalue weighted by Crippen LogP contribution is -2.35. The van der Waals surface area contributed by atoms with Crippen LogP contribution in [-0.2, 0) is 22.5 Å². The Morgan fingerprint density at radius 3 is 2.69 bits per heavy atom. The van der Waals surface area contributed by atoms with Crippen molar-refractivity contribution in [1.82, 2.24) is 4.90 Å². The van der Waals surface area contributed by atoms with Crippen molar-refractivity contribution in [2.75, 3.05) is 24.2 Å². The second-order valence-corrected chi connectivity index (χ2v) is 9.62. The van der Waals surface area contributed by atoms with Crippen molar-refractivity contribution >= 4 is 51.6 Å². The maximum Gasteiger partial charge on any atom is 0.341 e. The predicted molar refractivity (Wildman–Crippen MR) is 120 cm³/mol. The van der Waals surface area contributed by atoms with Gasteiger partial charge in [-0.05, 0) is 57.0 Å². The molecule has 0 spiro atoms. The van der Waals surface area contributed by atoms with E-state index in [2.05, 4.69) is 24.1 Å². The van der Waals surface area contributed by atoms with Gasteiger partial charge >= 0.3 is 5.97 Å². The van der Waals surface area contributed by atoms with Gasteiger partial charge in [-0.1, -0.05) is 11.6 Å². The fraction of sp³-hybridized carbons (Fsp3) is 0.429. The summed E-state index contributed by atoms with van der Waals surface area (Å²) in [5, 5.41) is 4.21. The number of hydrogen-bond acceptors (Lipinski definition) is 6. The number of esters is 1. The van der Waals surface area contributed by atoms with Gasteiger partial charge in [0.2, 0.25) is 5.91 Å². The van der Waals surface area contributed by atoms with E-state index in [1.165, 1.54) is 23.1 Å². The monoisotopic (exact) mass is 452 g/mol. The van der Waals surface area contributed by atoms with Gasteiger partial charge in [0.25, 0.3) is 0 Å². The Morgan fingerprint density at radius 2 is 2.03 bits per heavy atom. The smallest absolute Gasteiger partial charge is 0.341 e. The quantitative estimate of drug-likeness (QED) is 0.469. The molecule has 0 bridgehead atoms. The van der Waals surface area contributed by atoms with Gasteiger partial charge in [0.1, 0.15) is 5.00 Å². The number of anilines is 1. The second-order valence-electron chi connectivity index (χ2n) is 7.03. The minimum Gasteiger partial charge on any atom is -0.462 e. The fourth-order valence-electron chi connectivity index (χ4n) is 3.21. The molecule has 1 aromatic carbocycles. The summed E-state index contributed by atoms with van der Waals surface area (Å²) in [5.41, 5.74) is 1.55. The first-order valence-electron chi connectivity index (χ1n) is 9.63. The Hall–Kier alpha value is -1.54. The van der Waals surface area contributed by atoms with Crippen LogP contribution in [-0.4, -0.2) is 41.7 Å². The Kier molecular flexibility index (Phi) is 7.62. The van der Waals surface area contributed by atoms with Crippen molar-refractivity contribution in [2.45, 2.75) is 44.7 Å². The molecule has 1 amide bonds. The number of fused-ring (bicyclic) bond motifs is 1. The third kappa shape index (κ3) is 5.54. The van der Waals surface area contributed by atoms with Crippen LogP contribution in [0.3, 0.4) is 0 Å². The molecule has 5 nitrogen and oxygen atoms in total. The Labute approximate surface area is 184 Å². The number of halogens is 1. The zero-order valence-electron chi connectivity index (χ0n) is 16.8. The first-order valence-corrected chi connectivity index (χ1v) is 11.8. The first-order chi connectivity index (χ1) is 13.9. The molecular formula is C21H25ClN2O3S2. The van der Waals surface area contributed by atoms with Gasteiger partial charge < -0.3 is 10.1 Å². The van der Waals surface area contributed by atoms with Crippen LogP contribution in [0.2, 0.25) is 5.02 Å². The summed E-state index contributed by atoms with van der Waals surface area (Å²) in [5.74, 6) is -0.247. The van der Waals surface area contributed by atoms with Crippen molar-refractivity contribution < 1.29 is 14.3 Å². The lowest BCUT2D eigenvalue weighted by Gasteiger charge is -2.30. The molecule has 0 fully saturated rings. The molecule has 3 rings (SSSR count). The number of amides is 1. The van der Waals surface area contributed by atoms with E-state index in [1.54, 1.807) is 19.1 Å². The van der Waals surface area contributed by atoms with Gasteiger partial charge in [0, 0.05) is 33.9 Å². The number of benzene rings is 1. The highest BCUT2D eigenvalue weighted by molar-refractivity contribution is 8.00. The normalized spacial score (nSPS) is 14.0. The average Bonchev–Trinajstić information content (AvgIpc) is 3.04. The van der Waals surface area contributed by atoms with E-state index in [9.17, 15) is 9.59 Å². The Morgan fingerprint density at radius 1 is 1.31 bits per heavy atom. The topological polar surface area (TPSA) is 58.6 Å². The lowest BCUT2D eigenvalue weighted by atomic mass is 10.0. The molecule has 1 aromatic heterocycles. The molecular weight excluding hydrogens is 428 g/mol.